The second kappa shape index (κ2) is 4.78. The second-order valence-corrected chi connectivity index (χ2v) is 4.56. The Labute approximate surface area is 105 Å². The molecule has 1 aromatic rings. The van der Waals surface area contributed by atoms with Crippen molar-refractivity contribution >= 4 is 17.6 Å². The zero-order valence-electron chi connectivity index (χ0n) is 10.4. The van der Waals surface area contributed by atoms with E-state index in [0.717, 1.165) is 11.1 Å². The van der Waals surface area contributed by atoms with Crippen LogP contribution in [0, 0.1) is 13.8 Å². The van der Waals surface area contributed by atoms with Crippen molar-refractivity contribution in [1.29, 1.82) is 0 Å². The van der Waals surface area contributed by atoms with Gasteiger partial charge < -0.3 is 9.90 Å². The Bertz CT molecular complexity index is 499. The number of aliphatic carboxylic acids is 1. The summed E-state index contributed by atoms with van der Waals surface area (Å²) in [7, 11) is 0. The van der Waals surface area contributed by atoms with E-state index in [2.05, 4.69) is 5.43 Å². The summed E-state index contributed by atoms with van der Waals surface area (Å²) < 4.78 is 0. The highest BCUT2D eigenvalue weighted by atomic mass is 16.4. The number of amides is 1. The van der Waals surface area contributed by atoms with Crippen LogP contribution in [0.5, 0.6) is 0 Å². The van der Waals surface area contributed by atoms with Crippen LogP contribution in [-0.4, -0.2) is 17.9 Å². The lowest BCUT2D eigenvalue weighted by Crippen LogP contribution is -2.59. The highest BCUT2D eigenvalue weighted by Crippen LogP contribution is 2.23. The van der Waals surface area contributed by atoms with Gasteiger partial charge in [-0.1, -0.05) is 12.1 Å². The third-order valence-electron chi connectivity index (χ3n) is 3.07. The minimum atomic E-state index is -1.18. The van der Waals surface area contributed by atoms with Crippen LogP contribution in [0.2, 0.25) is 0 Å². The Morgan fingerprint density at radius 3 is 2.83 bits per heavy atom. The van der Waals surface area contributed by atoms with Gasteiger partial charge >= 0.3 is 0 Å². The number of rotatable bonds is 2. The molecule has 0 aliphatic carbocycles. The summed E-state index contributed by atoms with van der Waals surface area (Å²) in [5, 5.41) is 12.2. The topological polar surface area (TPSA) is 72.5 Å². The molecule has 0 saturated carbocycles. The third-order valence-corrected chi connectivity index (χ3v) is 3.07. The number of anilines is 1. The molecule has 1 amide bonds. The van der Waals surface area contributed by atoms with Crippen molar-refractivity contribution in [3.8, 4) is 0 Å². The highest BCUT2D eigenvalue weighted by molar-refractivity contribution is 5.95. The molecule has 0 aromatic heterocycles. The number of hydrogen-bond donors (Lipinski definition) is 1. The van der Waals surface area contributed by atoms with Crippen molar-refractivity contribution in [2.75, 3.05) is 5.01 Å². The molecule has 0 spiro atoms. The Kier molecular flexibility index (Phi) is 3.34. The average Bonchev–Trinajstić information content (AvgIpc) is 2.33. The van der Waals surface area contributed by atoms with Crippen molar-refractivity contribution in [2.24, 2.45) is 0 Å². The van der Waals surface area contributed by atoms with Crippen LogP contribution in [0.1, 0.15) is 24.0 Å². The molecule has 1 heterocycles. The minimum Gasteiger partial charge on any atom is -0.548 e. The van der Waals surface area contributed by atoms with E-state index in [9.17, 15) is 14.7 Å². The van der Waals surface area contributed by atoms with Gasteiger partial charge in [-0.2, -0.15) is 0 Å². The van der Waals surface area contributed by atoms with Crippen LogP contribution < -0.4 is 15.5 Å². The zero-order chi connectivity index (χ0) is 13.3. The average molecular weight is 247 g/mol. The van der Waals surface area contributed by atoms with Crippen LogP contribution in [0.4, 0.5) is 5.69 Å². The number of benzene rings is 1. The number of nitrogens with one attached hydrogen (secondary N) is 1. The van der Waals surface area contributed by atoms with E-state index in [1.165, 1.54) is 5.01 Å². The maximum atomic E-state index is 11.9. The summed E-state index contributed by atoms with van der Waals surface area (Å²) in [6.45, 7) is 3.81. The Hall–Kier alpha value is -1.88. The summed E-state index contributed by atoms with van der Waals surface area (Å²) in [6.07, 6.45) is 0.474. The lowest BCUT2D eigenvalue weighted by atomic mass is 10.1. The number of carboxylic acids is 1. The molecule has 1 saturated heterocycles. The number of hydrogen-bond acceptors (Lipinski definition) is 4. The largest absolute Gasteiger partial charge is 0.548 e. The van der Waals surface area contributed by atoms with Gasteiger partial charge in [-0.05, 0) is 37.5 Å². The number of aryl methyl sites for hydroxylation is 2. The molecule has 5 nitrogen and oxygen atoms in total. The molecule has 0 radical (unpaired) electrons. The molecule has 0 unspecified atom stereocenters. The Morgan fingerprint density at radius 2 is 2.17 bits per heavy atom. The molecule has 96 valence electrons. The van der Waals surface area contributed by atoms with E-state index in [0.29, 0.717) is 5.69 Å². The van der Waals surface area contributed by atoms with E-state index in [4.69, 9.17) is 0 Å². The lowest BCUT2D eigenvalue weighted by Gasteiger charge is -2.35. The van der Waals surface area contributed by atoms with Gasteiger partial charge in [0.2, 0.25) is 5.91 Å². The molecular formula is C13H15N2O3-. The van der Waals surface area contributed by atoms with Crippen molar-refractivity contribution in [3.05, 3.63) is 29.3 Å². The van der Waals surface area contributed by atoms with Crippen molar-refractivity contribution in [2.45, 2.75) is 32.7 Å². The fourth-order valence-electron chi connectivity index (χ4n) is 2.01. The number of hydrazine groups is 1. The summed E-state index contributed by atoms with van der Waals surface area (Å²) in [6, 6.07) is 4.89. The lowest BCUT2D eigenvalue weighted by molar-refractivity contribution is -0.308. The first-order valence-electron chi connectivity index (χ1n) is 5.86. The normalized spacial score (nSPS) is 20.0. The molecule has 1 N–H and O–H groups in total. The molecule has 0 bridgehead atoms. The maximum absolute atomic E-state index is 11.9. The molecule has 1 atom stereocenters. The number of carbonyl (C=O) groups is 2. The van der Waals surface area contributed by atoms with E-state index in [-0.39, 0.29) is 18.7 Å². The molecule has 5 heteroatoms. The van der Waals surface area contributed by atoms with Gasteiger partial charge in [-0.3, -0.25) is 4.79 Å². The Balaban J connectivity index is 2.32. The van der Waals surface area contributed by atoms with E-state index in [1.54, 1.807) is 0 Å². The minimum absolute atomic E-state index is 0.124. The van der Waals surface area contributed by atoms with Crippen molar-refractivity contribution in [3.63, 3.8) is 0 Å². The summed E-state index contributed by atoms with van der Waals surface area (Å²) in [5.41, 5.74) is 5.34. The maximum Gasteiger partial charge on any atom is 0.241 e. The van der Waals surface area contributed by atoms with Gasteiger partial charge in [0.1, 0.15) is 0 Å². The number of nitrogens with zero attached hydrogens (tertiary/aromatic N) is 1. The second-order valence-electron chi connectivity index (χ2n) is 4.56. The molecule has 1 aliphatic heterocycles. The van der Waals surface area contributed by atoms with E-state index < -0.39 is 12.0 Å². The first-order chi connectivity index (χ1) is 8.49. The van der Waals surface area contributed by atoms with Crippen LogP contribution >= 0.6 is 0 Å². The van der Waals surface area contributed by atoms with Gasteiger partial charge in [0.15, 0.2) is 0 Å². The number of carbonyl (C=O) groups excluding carboxylic acids is 2. The first-order valence-corrected chi connectivity index (χ1v) is 5.86. The molecule has 1 aromatic carbocycles. The summed E-state index contributed by atoms with van der Waals surface area (Å²) >= 11 is 0. The molecular weight excluding hydrogens is 232 g/mol. The molecule has 1 aliphatic rings. The monoisotopic (exact) mass is 247 g/mol. The number of carboxylic acid groups (broad SMARTS) is 1. The van der Waals surface area contributed by atoms with Crippen LogP contribution in [0.3, 0.4) is 0 Å². The van der Waals surface area contributed by atoms with E-state index >= 15 is 0 Å². The molecule has 1 fully saturated rings. The van der Waals surface area contributed by atoms with E-state index in [1.807, 2.05) is 32.0 Å². The SMILES string of the molecule is Cc1ccc(C)c(N2N[C@H](C(=O)[O-])CCC2=O)c1. The highest BCUT2D eigenvalue weighted by Gasteiger charge is 2.27. The molecule has 2 rings (SSSR count). The standard InChI is InChI=1S/C13H16N2O3/c1-8-3-4-9(2)11(7-8)15-12(16)6-5-10(14-15)13(17)18/h3-4,7,10,14H,5-6H2,1-2H3,(H,17,18)/p-1/t10-/m0/s1. The summed E-state index contributed by atoms with van der Waals surface area (Å²) in [5.74, 6) is -1.31. The smallest absolute Gasteiger partial charge is 0.241 e. The summed E-state index contributed by atoms with van der Waals surface area (Å²) in [4.78, 5) is 22.8. The van der Waals surface area contributed by atoms with Gasteiger partial charge in [0.25, 0.3) is 0 Å². The van der Waals surface area contributed by atoms with Crippen molar-refractivity contribution in [1.82, 2.24) is 5.43 Å². The predicted octanol–water partition coefficient (Wildman–Crippen LogP) is 0.0533. The third kappa shape index (κ3) is 2.36. The first kappa shape index (κ1) is 12.6. The van der Waals surface area contributed by atoms with Crippen LogP contribution in [0.15, 0.2) is 18.2 Å². The van der Waals surface area contributed by atoms with Gasteiger partial charge in [-0.15, -0.1) is 0 Å². The predicted molar refractivity (Wildman–Crippen MR) is 64.6 cm³/mol. The fourth-order valence-corrected chi connectivity index (χ4v) is 2.01. The zero-order valence-corrected chi connectivity index (χ0v) is 10.4. The van der Waals surface area contributed by atoms with Crippen molar-refractivity contribution < 1.29 is 14.7 Å². The van der Waals surface area contributed by atoms with Gasteiger partial charge in [-0.25, -0.2) is 10.4 Å². The molecule has 18 heavy (non-hydrogen) atoms. The Morgan fingerprint density at radius 1 is 1.44 bits per heavy atom. The van der Waals surface area contributed by atoms with Gasteiger partial charge in [0, 0.05) is 6.42 Å². The van der Waals surface area contributed by atoms with Crippen LogP contribution in [-0.2, 0) is 9.59 Å². The van der Waals surface area contributed by atoms with Gasteiger partial charge in [0.05, 0.1) is 17.7 Å². The quantitative estimate of drug-likeness (QED) is 0.801. The van der Waals surface area contributed by atoms with Crippen LogP contribution in [0.25, 0.3) is 0 Å². The fraction of sp³-hybridized carbons (Fsp3) is 0.385.